The van der Waals surface area contributed by atoms with Gasteiger partial charge in [-0.15, -0.1) is 0 Å². The highest BCUT2D eigenvalue weighted by Gasteiger charge is 2.29. The molecule has 4 rings (SSSR count). The van der Waals surface area contributed by atoms with Crippen molar-refractivity contribution in [3.05, 3.63) is 59.4 Å². The van der Waals surface area contributed by atoms with E-state index in [0.29, 0.717) is 17.9 Å². The van der Waals surface area contributed by atoms with Gasteiger partial charge in [-0.25, -0.2) is 0 Å². The molecule has 1 atom stereocenters. The fraction of sp³-hybridized carbons (Fsp3) is 0.435. The van der Waals surface area contributed by atoms with Crippen molar-refractivity contribution >= 4 is 17.5 Å². The normalized spacial score (nSPS) is 16.5. The van der Waals surface area contributed by atoms with Crippen LogP contribution in [0, 0.1) is 13.8 Å². The quantitative estimate of drug-likeness (QED) is 0.686. The summed E-state index contributed by atoms with van der Waals surface area (Å²) < 4.78 is 5.62. The first-order valence-corrected chi connectivity index (χ1v) is 10.7. The minimum absolute atomic E-state index is 0.0695. The summed E-state index contributed by atoms with van der Waals surface area (Å²) in [5.41, 5.74) is 4.06. The number of piperidine rings is 1. The molecule has 1 fully saturated rings. The molecule has 0 saturated carbocycles. The summed E-state index contributed by atoms with van der Waals surface area (Å²) in [6, 6.07) is 7.68. The van der Waals surface area contributed by atoms with Crippen LogP contribution >= 0.6 is 0 Å². The Hall–Kier alpha value is -3.29. The van der Waals surface area contributed by atoms with E-state index in [4.69, 9.17) is 0 Å². The highest BCUT2D eigenvalue weighted by molar-refractivity contribution is 6.03. The lowest BCUT2D eigenvalue weighted by Crippen LogP contribution is -2.46. The maximum atomic E-state index is 13.2. The van der Waals surface area contributed by atoms with Crippen molar-refractivity contribution in [2.75, 3.05) is 11.9 Å². The summed E-state index contributed by atoms with van der Waals surface area (Å²) in [6.45, 7) is 5.32. The monoisotopic (exact) mass is 422 g/mol. The van der Waals surface area contributed by atoms with Crippen LogP contribution in [0.2, 0.25) is 0 Å². The molecule has 164 valence electrons. The van der Waals surface area contributed by atoms with Gasteiger partial charge in [0.2, 0.25) is 0 Å². The Morgan fingerprint density at radius 1 is 1.03 bits per heavy atom. The number of anilines is 1. The van der Waals surface area contributed by atoms with Crippen LogP contribution < -0.4 is 5.32 Å². The van der Waals surface area contributed by atoms with Crippen molar-refractivity contribution in [3.63, 3.8) is 0 Å². The van der Waals surface area contributed by atoms with E-state index in [0.717, 1.165) is 42.9 Å². The minimum atomic E-state index is -0.163. The number of rotatable bonds is 5. The molecule has 1 aliphatic rings. The van der Waals surface area contributed by atoms with E-state index in [-0.39, 0.29) is 17.9 Å². The SMILES string of the molecule is Cc1ccc(C(=O)Nc2cnn(C[C@H]3CCCCN3C(=O)c3ccc(C)n3C)c2)n1C. The van der Waals surface area contributed by atoms with Gasteiger partial charge in [0.1, 0.15) is 11.4 Å². The lowest BCUT2D eigenvalue weighted by atomic mass is 10.0. The summed E-state index contributed by atoms with van der Waals surface area (Å²) in [7, 11) is 3.80. The van der Waals surface area contributed by atoms with Gasteiger partial charge in [0, 0.05) is 38.2 Å². The number of carbonyl (C=O) groups excluding carboxylic acids is 2. The molecule has 4 heterocycles. The zero-order chi connectivity index (χ0) is 22.1. The first kappa shape index (κ1) is 21.0. The topological polar surface area (TPSA) is 77.1 Å². The summed E-state index contributed by atoms with van der Waals surface area (Å²) >= 11 is 0. The molecule has 0 bridgehead atoms. The second kappa shape index (κ2) is 8.45. The Labute approximate surface area is 182 Å². The number of aryl methyl sites for hydroxylation is 2. The van der Waals surface area contributed by atoms with E-state index in [1.807, 2.05) is 77.1 Å². The molecule has 3 aromatic heterocycles. The van der Waals surface area contributed by atoms with E-state index >= 15 is 0 Å². The third-order valence-corrected chi connectivity index (χ3v) is 6.37. The van der Waals surface area contributed by atoms with Gasteiger partial charge in [0.15, 0.2) is 0 Å². The zero-order valence-corrected chi connectivity index (χ0v) is 18.6. The molecule has 1 saturated heterocycles. The Morgan fingerprint density at radius 2 is 1.71 bits per heavy atom. The van der Waals surface area contributed by atoms with Crippen molar-refractivity contribution in [1.82, 2.24) is 23.8 Å². The van der Waals surface area contributed by atoms with Gasteiger partial charge in [-0.1, -0.05) is 0 Å². The predicted molar refractivity (Wildman–Crippen MR) is 119 cm³/mol. The fourth-order valence-corrected chi connectivity index (χ4v) is 4.21. The lowest BCUT2D eigenvalue weighted by Gasteiger charge is -2.35. The van der Waals surface area contributed by atoms with Crippen LogP contribution in [0.4, 0.5) is 5.69 Å². The van der Waals surface area contributed by atoms with Crippen molar-refractivity contribution in [2.45, 2.75) is 45.7 Å². The molecule has 1 aliphatic heterocycles. The Morgan fingerprint density at radius 3 is 2.35 bits per heavy atom. The minimum Gasteiger partial charge on any atom is -0.344 e. The fourth-order valence-electron chi connectivity index (χ4n) is 4.21. The molecule has 8 heteroatoms. The smallest absolute Gasteiger partial charge is 0.272 e. The number of amides is 2. The van der Waals surface area contributed by atoms with Crippen LogP contribution in [0.5, 0.6) is 0 Å². The van der Waals surface area contributed by atoms with Gasteiger partial charge in [0.05, 0.1) is 24.5 Å². The maximum absolute atomic E-state index is 13.2. The van der Waals surface area contributed by atoms with Crippen molar-refractivity contribution < 1.29 is 9.59 Å². The third kappa shape index (κ3) is 4.15. The largest absolute Gasteiger partial charge is 0.344 e. The predicted octanol–water partition coefficient (Wildman–Crippen LogP) is 3.12. The van der Waals surface area contributed by atoms with E-state index in [1.165, 1.54) is 0 Å². The molecular formula is C23H30N6O2. The number of hydrogen-bond donors (Lipinski definition) is 1. The molecule has 8 nitrogen and oxygen atoms in total. The van der Waals surface area contributed by atoms with Gasteiger partial charge in [-0.05, 0) is 57.4 Å². The summed E-state index contributed by atoms with van der Waals surface area (Å²) in [4.78, 5) is 27.7. The van der Waals surface area contributed by atoms with Gasteiger partial charge in [0.25, 0.3) is 11.8 Å². The molecule has 2 amide bonds. The van der Waals surface area contributed by atoms with Crippen molar-refractivity contribution in [3.8, 4) is 0 Å². The Bertz CT molecular complexity index is 1110. The van der Waals surface area contributed by atoms with E-state index in [9.17, 15) is 9.59 Å². The first-order chi connectivity index (χ1) is 14.8. The van der Waals surface area contributed by atoms with Gasteiger partial charge >= 0.3 is 0 Å². The van der Waals surface area contributed by atoms with Crippen LogP contribution in [0.1, 0.15) is 51.6 Å². The van der Waals surface area contributed by atoms with Crippen molar-refractivity contribution in [1.29, 1.82) is 0 Å². The number of aromatic nitrogens is 4. The third-order valence-electron chi connectivity index (χ3n) is 6.37. The van der Waals surface area contributed by atoms with Gasteiger partial charge < -0.3 is 19.4 Å². The summed E-state index contributed by atoms with van der Waals surface area (Å²) in [5, 5.41) is 7.34. The highest BCUT2D eigenvalue weighted by Crippen LogP contribution is 2.22. The maximum Gasteiger partial charge on any atom is 0.272 e. The summed E-state index contributed by atoms with van der Waals surface area (Å²) in [5.74, 6) is -0.0937. The highest BCUT2D eigenvalue weighted by atomic mass is 16.2. The van der Waals surface area contributed by atoms with Crippen LogP contribution in [0.3, 0.4) is 0 Å². The Balaban J connectivity index is 1.45. The van der Waals surface area contributed by atoms with Crippen molar-refractivity contribution in [2.24, 2.45) is 14.1 Å². The standard InChI is InChI=1S/C23H30N6O2/c1-16-8-10-20(26(16)3)22(30)25-18-13-24-28(14-18)15-19-7-5-6-12-29(19)23(31)21-11-9-17(2)27(21)4/h8-11,13-14,19H,5-7,12,15H2,1-4H3,(H,25,30)/t19-/m1/s1. The van der Waals surface area contributed by atoms with Gasteiger partial charge in [-0.2, -0.15) is 5.10 Å². The van der Waals surface area contributed by atoms with Crippen LogP contribution in [0.25, 0.3) is 0 Å². The van der Waals surface area contributed by atoms with Crippen LogP contribution in [-0.2, 0) is 20.6 Å². The number of carbonyl (C=O) groups is 2. The summed E-state index contributed by atoms with van der Waals surface area (Å²) in [6.07, 6.45) is 6.54. The molecule has 1 N–H and O–H groups in total. The average Bonchev–Trinajstić information content (AvgIpc) is 3.43. The number of likely N-dealkylation sites (tertiary alicyclic amines) is 1. The average molecular weight is 423 g/mol. The van der Waals surface area contributed by atoms with E-state index < -0.39 is 0 Å². The molecule has 0 aromatic carbocycles. The first-order valence-electron chi connectivity index (χ1n) is 10.7. The molecule has 0 radical (unpaired) electrons. The van der Waals surface area contributed by atoms with Gasteiger partial charge in [-0.3, -0.25) is 14.3 Å². The van der Waals surface area contributed by atoms with E-state index in [1.54, 1.807) is 6.20 Å². The molecule has 0 spiro atoms. The van der Waals surface area contributed by atoms with Crippen LogP contribution in [-0.4, -0.2) is 48.2 Å². The molecular weight excluding hydrogens is 392 g/mol. The zero-order valence-electron chi connectivity index (χ0n) is 18.6. The molecule has 0 aliphatic carbocycles. The van der Waals surface area contributed by atoms with Crippen LogP contribution in [0.15, 0.2) is 36.7 Å². The molecule has 3 aromatic rings. The lowest BCUT2D eigenvalue weighted by molar-refractivity contribution is 0.0574. The number of hydrogen-bond acceptors (Lipinski definition) is 3. The van der Waals surface area contributed by atoms with E-state index in [2.05, 4.69) is 10.4 Å². The number of nitrogens with zero attached hydrogens (tertiary/aromatic N) is 5. The molecule has 0 unspecified atom stereocenters. The second-order valence-corrected chi connectivity index (χ2v) is 8.39. The second-order valence-electron chi connectivity index (χ2n) is 8.39. The Kier molecular flexibility index (Phi) is 5.71. The number of nitrogens with one attached hydrogen (secondary N) is 1. The molecule has 31 heavy (non-hydrogen) atoms.